The van der Waals surface area contributed by atoms with Crippen LogP contribution in [-0.4, -0.2) is 48.7 Å². The van der Waals surface area contributed by atoms with Gasteiger partial charge in [-0.15, -0.1) is 0 Å². The number of amides is 4. The summed E-state index contributed by atoms with van der Waals surface area (Å²) in [5.74, 6) is 0.522. The summed E-state index contributed by atoms with van der Waals surface area (Å²) < 4.78 is 4.81. The minimum atomic E-state index is -0.512. The van der Waals surface area contributed by atoms with E-state index >= 15 is 0 Å². The molecule has 4 amide bonds. The lowest BCUT2D eigenvalue weighted by atomic mass is 10.0. The van der Waals surface area contributed by atoms with E-state index in [0.29, 0.717) is 31.1 Å². The second-order valence-corrected chi connectivity index (χ2v) is 6.90. The monoisotopic (exact) mass is 374 g/mol. The molecular formula is C19H26N4O4. The van der Waals surface area contributed by atoms with Crippen molar-refractivity contribution in [3.05, 3.63) is 24.3 Å². The molecule has 3 N–H and O–H groups in total. The second-order valence-electron chi connectivity index (χ2n) is 6.90. The third-order valence-electron chi connectivity index (χ3n) is 4.73. The Labute approximate surface area is 158 Å². The normalized spacial score (nSPS) is 17.1. The fraction of sp³-hybridized carbons (Fsp3) is 0.526. The second kappa shape index (κ2) is 8.75. The summed E-state index contributed by atoms with van der Waals surface area (Å²) in [6.07, 6.45) is 3.08. The molecule has 146 valence electrons. The average Bonchev–Trinajstić information content (AvgIpc) is 3.49. The van der Waals surface area contributed by atoms with E-state index in [9.17, 15) is 14.4 Å². The number of hydrogen-bond donors (Lipinski definition) is 3. The van der Waals surface area contributed by atoms with E-state index in [1.165, 1.54) is 0 Å². The van der Waals surface area contributed by atoms with E-state index in [4.69, 9.17) is 4.74 Å². The molecule has 0 bridgehead atoms. The number of rotatable bonds is 5. The highest BCUT2D eigenvalue weighted by Gasteiger charge is 2.35. The minimum Gasteiger partial charge on any atom is -0.450 e. The van der Waals surface area contributed by atoms with Gasteiger partial charge in [0.05, 0.1) is 6.61 Å². The van der Waals surface area contributed by atoms with Crippen LogP contribution in [0.2, 0.25) is 0 Å². The van der Waals surface area contributed by atoms with Gasteiger partial charge in [-0.1, -0.05) is 0 Å². The SMILES string of the molecule is CCOC(=O)Nc1ccc(NC(=O)NC2CCN(C(=O)C3CC3)CC2)cc1. The molecule has 1 saturated carbocycles. The van der Waals surface area contributed by atoms with Gasteiger partial charge in [0, 0.05) is 36.4 Å². The van der Waals surface area contributed by atoms with Gasteiger partial charge < -0.3 is 20.3 Å². The first-order valence-electron chi connectivity index (χ1n) is 9.45. The molecule has 0 aromatic heterocycles. The maximum atomic E-state index is 12.2. The molecular weight excluding hydrogens is 348 g/mol. The van der Waals surface area contributed by atoms with Gasteiger partial charge in [0.2, 0.25) is 5.91 Å². The van der Waals surface area contributed by atoms with Crippen LogP contribution in [0.3, 0.4) is 0 Å². The van der Waals surface area contributed by atoms with Crippen molar-refractivity contribution in [3.8, 4) is 0 Å². The van der Waals surface area contributed by atoms with Crippen molar-refractivity contribution in [2.24, 2.45) is 5.92 Å². The molecule has 8 heteroatoms. The lowest BCUT2D eigenvalue weighted by Gasteiger charge is -2.32. The van der Waals surface area contributed by atoms with Gasteiger partial charge in [0.25, 0.3) is 0 Å². The van der Waals surface area contributed by atoms with Crippen molar-refractivity contribution < 1.29 is 19.1 Å². The smallest absolute Gasteiger partial charge is 0.411 e. The Kier molecular flexibility index (Phi) is 6.16. The molecule has 2 aliphatic rings. The average molecular weight is 374 g/mol. The number of nitrogens with one attached hydrogen (secondary N) is 3. The van der Waals surface area contributed by atoms with Crippen LogP contribution in [0.15, 0.2) is 24.3 Å². The molecule has 27 heavy (non-hydrogen) atoms. The highest BCUT2D eigenvalue weighted by Crippen LogP contribution is 2.31. The lowest BCUT2D eigenvalue weighted by Crippen LogP contribution is -2.47. The van der Waals surface area contributed by atoms with Crippen LogP contribution in [-0.2, 0) is 9.53 Å². The summed E-state index contributed by atoms with van der Waals surface area (Å²) in [6.45, 7) is 3.45. The van der Waals surface area contributed by atoms with Gasteiger partial charge in [-0.25, -0.2) is 9.59 Å². The van der Waals surface area contributed by atoms with E-state index < -0.39 is 6.09 Å². The fourth-order valence-corrected chi connectivity index (χ4v) is 3.11. The Morgan fingerprint density at radius 2 is 1.59 bits per heavy atom. The minimum absolute atomic E-state index is 0.0676. The van der Waals surface area contributed by atoms with Crippen LogP contribution in [0.5, 0.6) is 0 Å². The number of ether oxygens (including phenoxy) is 1. The molecule has 0 atom stereocenters. The standard InChI is InChI=1S/C19H26N4O4/c1-2-27-19(26)22-15-7-5-14(6-8-15)20-18(25)21-16-9-11-23(12-10-16)17(24)13-3-4-13/h5-8,13,16H,2-4,9-12H2,1H3,(H,22,26)(H2,20,21,25). The van der Waals surface area contributed by atoms with Crippen LogP contribution in [0.1, 0.15) is 32.6 Å². The zero-order chi connectivity index (χ0) is 19.2. The van der Waals surface area contributed by atoms with Crippen molar-refractivity contribution in [3.63, 3.8) is 0 Å². The van der Waals surface area contributed by atoms with E-state index in [0.717, 1.165) is 25.7 Å². The van der Waals surface area contributed by atoms with Gasteiger partial charge >= 0.3 is 12.1 Å². The summed E-state index contributed by atoms with van der Waals surface area (Å²) >= 11 is 0. The Balaban J connectivity index is 1.40. The van der Waals surface area contributed by atoms with Gasteiger partial charge in [0.15, 0.2) is 0 Å². The van der Waals surface area contributed by atoms with Crippen LogP contribution in [0, 0.1) is 5.92 Å². The van der Waals surface area contributed by atoms with Gasteiger partial charge in [-0.3, -0.25) is 10.1 Å². The third kappa shape index (κ3) is 5.60. The highest BCUT2D eigenvalue weighted by molar-refractivity contribution is 5.90. The third-order valence-corrected chi connectivity index (χ3v) is 4.73. The molecule has 0 radical (unpaired) electrons. The Bertz CT molecular complexity index is 679. The molecule has 8 nitrogen and oxygen atoms in total. The van der Waals surface area contributed by atoms with Crippen LogP contribution in [0.4, 0.5) is 21.0 Å². The van der Waals surface area contributed by atoms with Crippen molar-refractivity contribution in [2.45, 2.75) is 38.6 Å². The molecule has 0 unspecified atom stereocenters. The molecule has 1 saturated heterocycles. The number of piperidine rings is 1. The quantitative estimate of drug-likeness (QED) is 0.738. The first kappa shape index (κ1) is 19.0. The van der Waals surface area contributed by atoms with E-state index in [1.54, 1.807) is 31.2 Å². The number of benzene rings is 1. The maximum Gasteiger partial charge on any atom is 0.411 e. The molecule has 0 spiro atoms. The summed E-state index contributed by atoms with van der Waals surface area (Å²) in [6, 6.07) is 6.59. The van der Waals surface area contributed by atoms with Crippen LogP contribution < -0.4 is 16.0 Å². The molecule has 2 fully saturated rings. The summed E-state index contributed by atoms with van der Waals surface area (Å²) in [5, 5.41) is 8.33. The largest absolute Gasteiger partial charge is 0.450 e. The predicted octanol–water partition coefficient (Wildman–Crippen LogP) is 2.78. The maximum absolute atomic E-state index is 12.2. The summed E-state index contributed by atoms with van der Waals surface area (Å²) in [4.78, 5) is 37.5. The number of carbonyl (C=O) groups excluding carboxylic acids is 3. The van der Waals surface area contributed by atoms with Gasteiger partial charge in [0.1, 0.15) is 0 Å². The molecule has 1 heterocycles. The van der Waals surface area contributed by atoms with Gasteiger partial charge in [-0.2, -0.15) is 0 Å². The number of carbonyl (C=O) groups is 3. The molecule has 1 aromatic rings. The fourth-order valence-electron chi connectivity index (χ4n) is 3.11. The number of nitrogens with zero attached hydrogens (tertiary/aromatic N) is 1. The van der Waals surface area contributed by atoms with Crippen molar-refractivity contribution in [1.82, 2.24) is 10.2 Å². The van der Waals surface area contributed by atoms with Crippen LogP contribution in [0.25, 0.3) is 0 Å². The zero-order valence-electron chi connectivity index (χ0n) is 15.5. The summed E-state index contributed by atoms with van der Waals surface area (Å²) in [5.41, 5.74) is 1.22. The molecule has 1 aliphatic heterocycles. The van der Waals surface area contributed by atoms with E-state index in [2.05, 4.69) is 16.0 Å². The first-order valence-corrected chi connectivity index (χ1v) is 9.45. The van der Waals surface area contributed by atoms with E-state index in [-0.39, 0.29) is 23.9 Å². The zero-order valence-corrected chi connectivity index (χ0v) is 15.5. The number of urea groups is 1. The number of likely N-dealkylation sites (tertiary alicyclic amines) is 1. The van der Waals surface area contributed by atoms with Crippen molar-refractivity contribution in [1.29, 1.82) is 0 Å². The van der Waals surface area contributed by atoms with Crippen molar-refractivity contribution in [2.75, 3.05) is 30.3 Å². The number of hydrogen-bond acceptors (Lipinski definition) is 4. The first-order chi connectivity index (χ1) is 13.0. The Morgan fingerprint density at radius 3 is 2.15 bits per heavy atom. The molecule has 1 aliphatic carbocycles. The topological polar surface area (TPSA) is 99.8 Å². The molecule has 3 rings (SSSR count). The molecule has 1 aromatic carbocycles. The lowest BCUT2D eigenvalue weighted by molar-refractivity contribution is -0.133. The van der Waals surface area contributed by atoms with Crippen LogP contribution >= 0.6 is 0 Å². The number of anilines is 2. The Hall–Kier alpha value is -2.77. The highest BCUT2D eigenvalue weighted by atomic mass is 16.5. The van der Waals surface area contributed by atoms with Gasteiger partial charge in [-0.05, 0) is 56.9 Å². The predicted molar refractivity (Wildman–Crippen MR) is 102 cm³/mol. The van der Waals surface area contributed by atoms with E-state index in [1.807, 2.05) is 4.90 Å². The summed E-state index contributed by atoms with van der Waals surface area (Å²) in [7, 11) is 0. The van der Waals surface area contributed by atoms with Crippen molar-refractivity contribution >= 4 is 29.4 Å². The Morgan fingerprint density at radius 1 is 1.00 bits per heavy atom.